The summed E-state index contributed by atoms with van der Waals surface area (Å²) in [5, 5.41) is 11.7. The molecule has 0 saturated carbocycles. The standard InChI is InChI=1S/C16H17ClN4O3/c1-9-19-20-14-3-2-11(8-21(9)14)18-16(22)10-6-12(17)15-13(7-10)23-4-5-24-15/h6-7,11H,2-5,8H2,1H3,(H,18,22)/t11-/m1/s1. The third-order valence-electron chi connectivity index (χ3n) is 4.33. The highest BCUT2D eigenvalue weighted by atomic mass is 35.5. The van der Waals surface area contributed by atoms with Gasteiger partial charge in [0.15, 0.2) is 11.5 Å². The lowest BCUT2D eigenvalue weighted by Crippen LogP contribution is -2.41. The van der Waals surface area contributed by atoms with E-state index in [-0.39, 0.29) is 11.9 Å². The third kappa shape index (κ3) is 2.69. The lowest BCUT2D eigenvalue weighted by molar-refractivity contribution is 0.0926. The Bertz CT molecular complexity index is 805. The van der Waals surface area contributed by atoms with Gasteiger partial charge in [0.1, 0.15) is 24.9 Å². The van der Waals surface area contributed by atoms with E-state index in [1.807, 2.05) is 11.5 Å². The molecule has 126 valence electrons. The van der Waals surface area contributed by atoms with Gasteiger partial charge in [0.25, 0.3) is 5.91 Å². The molecule has 0 fully saturated rings. The van der Waals surface area contributed by atoms with Crippen molar-refractivity contribution in [2.24, 2.45) is 0 Å². The van der Waals surface area contributed by atoms with Gasteiger partial charge in [-0.15, -0.1) is 10.2 Å². The molecule has 0 unspecified atom stereocenters. The number of fused-ring (bicyclic) bond motifs is 2. The molecule has 0 saturated heterocycles. The highest BCUT2D eigenvalue weighted by Crippen LogP contribution is 2.38. The first kappa shape index (κ1) is 15.3. The van der Waals surface area contributed by atoms with Crippen LogP contribution in [0.15, 0.2) is 12.1 Å². The maximum atomic E-state index is 12.6. The lowest BCUT2D eigenvalue weighted by Gasteiger charge is -2.25. The van der Waals surface area contributed by atoms with E-state index in [1.54, 1.807) is 12.1 Å². The summed E-state index contributed by atoms with van der Waals surface area (Å²) in [5.74, 6) is 2.68. The summed E-state index contributed by atoms with van der Waals surface area (Å²) in [5.41, 5.74) is 0.468. The smallest absolute Gasteiger partial charge is 0.251 e. The Labute approximate surface area is 143 Å². The summed E-state index contributed by atoms with van der Waals surface area (Å²) in [4.78, 5) is 12.6. The topological polar surface area (TPSA) is 78.3 Å². The highest BCUT2D eigenvalue weighted by molar-refractivity contribution is 6.32. The van der Waals surface area contributed by atoms with Gasteiger partial charge in [0.2, 0.25) is 0 Å². The molecule has 1 aromatic carbocycles. The van der Waals surface area contributed by atoms with Crippen LogP contribution in [0.4, 0.5) is 0 Å². The lowest BCUT2D eigenvalue weighted by atomic mass is 10.1. The van der Waals surface area contributed by atoms with Gasteiger partial charge in [-0.25, -0.2) is 0 Å². The Kier molecular flexibility index (Phi) is 3.80. The number of benzene rings is 1. The Morgan fingerprint density at radius 1 is 1.33 bits per heavy atom. The van der Waals surface area contributed by atoms with Gasteiger partial charge in [-0.1, -0.05) is 11.6 Å². The van der Waals surface area contributed by atoms with Crippen molar-refractivity contribution in [1.82, 2.24) is 20.1 Å². The van der Waals surface area contributed by atoms with Gasteiger partial charge in [-0.3, -0.25) is 4.79 Å². The second-order valence-corrected chi connectivity index (χ2v) is 6.37. The Morgan fingerprint density at radius 2 is 2.17 bits per heavy atom. The quantitative estimate of drug-likeness (QED) is 0.894. The van der Waals surface area contributed by atoms with Crippen molar-refractivity contribution in [2.75, 3.05) is 13.2 Å². The summed E-state index contributed by atoms with van der Waals surface area (Å²) in [6, 6.07) is 3.32. The molecular formula is C16H17ClN4O3. The van der Waals surface area contributed by atoms with Crippen molar-refractivity contribution in [3.63, 3.8) is 0 Å². The van der Waals surface area contributed by atoms with E-state index in [2.05, 4.69) is 15.5 Å². The molecule has 0 radical (unpaired) electrons. The van der Waals surface area contributed by atoms with Crippen LogP contribution in [-0.4, -0.2) is 39.9 Å². The summed E-state index contributed by atoms with van der Waals surface area (Å²) < 4.78 is 13.1. The zero-order valence-corrected chi connectivity index (χ0v) is 14.0. The largest absolute Gasteiger partial charge is 0.486 e. The van der Waals surface area contributed by atoms with E-state index in [4.69, 9.17) is 21.1 Å². The molecule has 2 aliphatic rings. The van der Waals surface area contributed by atoms with E-state index >= 15 is 0 Å². The van der Waals surface area contributed by atoms with Gasteiger partial charge in [-0.05, 0) is 25.5 Å². The fourth-order valence-corrected chi connectivity index (χ4v) is 3.36. The van der Waals surface area contributed by atoms with Crippen LogP contribution >= 0.6 is 11.6 Å². The van der Waals surface area contributed by atoms with Crippen LogP contribution in [0, 0.1) is 6.92 Å². The molecule has 1 aromatic heterocycles. The van der Waals surface area contributed by atoms with E-state index in [0.717, 1.165) is 24.5 Å². The number of hydrogen-bond donors (Lipinski definition) is 1. The Morgan fingerprint density at radius 3 is 3.04 bits per heavy atom. The SMILES string of the molecule is Cc1nnc2n1C[C@H](NC(=O)c1cc(Cl)c3c(c1)OCCO3)CC2. The first-order valence-electron chi connectivity index (χ1n) is 7.90. The number of hydrogen-bond acceptors (Lipinski definition) is 5. The van der Waals surface area contributed by atoms with Crippen molar-refractivity contribution in [1.29, 1.82) is 0 Å². The van der Waals surface area contributed by atoms with Crippen LogP contribution in [0.25, 0.3) is 0 Å². The molecule has 8 heteroatoms. The first-order valence-corrected chi connectivity index (χ1v) is 8.28. The average Bonchev–Trinajstić information content (AvgIpc) is 2.96. The van der Waals surface area contributed by atoms with Crippen molar-refractivity contribution < 1.29 is 14.3 Å². The summed E-state index contributed by atoms with van der Waals surface area (Å²) in [6.07, 6.45) is 1.63. The molecule has 1 amide bonds. The summed E-state index contributed by atoms with van der Waals surface area (Å²) in [6.45, 7) is 3.51. The van der Waals surface area contributed by atoms with Gasteiger partial charge in [0, 0.05) is 24.6 Å². The monoisotopic (exact) mass is 348 g/mol. The van der Waals surface area contributed by atoms with Crippen molar-refractivity contribution in [3.8, 4) is 11.5 Å². The number of carbonyl (C=O) groups excluding carboxylic acids is 1. The van der Waals surface area contributed by atoms with Gasteiger partial charge in [0.05, 0.1) is 5.02 Å². The number of nitrogens with one attached hydrogen (secondary N) is 1. The van der Waals surface area contributed by atoms with Crippen LogP contribution in [0.2, 0.25) is 5.02 Å². The normalized spacial score (nSPS) is 18.8. The van der Waals surface area contributed by atoms with E-state index in [1.165, 1.54) is 0 Å². The van der Waals surface area contributed by atoms with Crippen LogP contribution in [-0.2, 0) is 13.0 Å². The predicted octanol–water partition coefficient (Wildman–Crippen LogP) is 1.76. The average molecular weight is 349 g/mol. The van der Waals surface area contributed by atoms with Crippen molar-refractivity contribution >= 4 is 17.5 Å². The number of carbonyl (C=O) groups is 1. The molecule has 24 heavy (non-hydrogen) atoms. The molecule has 1 N–H and O–H groups in total. The molecule has 0 bridgehead atoms. The van der Waals surface area contributed by atoms with E-state index < -0.39 is 0 Å². The summed E-state index contributed by atoms with van der Waals surface area (Å²) >= 11 is 6.20. The number of rotatable bonds is 2. The number of aromatic nitrogens is 3. The second kappa shape index (κ2) is 5.98. The van der Waals surface area contributed by atoms with Crippen LogP contribution < -0.4 is 14.8 Å². The molecule has 7 nitrogen and oxygen atoms in total. The van der Waals surface area contributed by atoms with Crippen LogP contribution in [0.3, 0.4) is 0 Å². The van der Waals surface area contributed by atoms with Crippen molar-refractivity contribution in [2.45, 2.75) is 32.4 Å². The van der Waals surface area contributed by atoms with Gasteiger partial charge in [-0.2, -0.15) is 0 Å². The molecule has 0 spiro atoms. The number of aryl methyl sites for hydroxylation is 2. The van der Waals surface area contributed by atoms with Gasteiger partial charge < -0.3 is 19.4 Å². The third-order valence-corrected chi connectivity index (χ3v) is 4.61. The van der Waals surface area contributed by atoms with Crippen molar-refractivity contribution in [3.05, 3.63) is 34.4 Å². The minimum absolute atomic E-state index is 0.0340. The molecular weight excluding hydrogens is 332 g/mol. The molecule has 1 atom stereocenters. The zero-order chi connectivity index (χ0) is 16.7. The maximum absolute atomic E-state index is 12.6. The number of ether oxygens (including phenoxy) is 2. The Hall–Kier alpha value is -2.28. The summed E-state index contributed by atoms with van der Waals surface area (Å²) in [7, 11) is 0. The minimum Gasteiger partial charge on any atom is -0.486 e. The number of nitrogens with zero attached hydrogens (tertiary/aromatic N) is 3. The van der Waals surface area contributed by atoms with E-state index in [0.29, 0.717) is 41.8 Å². The Balaban J connectivity index is 1.51. The van der Waals surface area contributed by atoms with E-state index in [9.17, 15) is 4.79 Å². The molecule has 2 aromatic rings. The number of halogens is 1. The number of amides is 1. The molecule has 0 aliphatic carbocycles. The molecule has 4 rings (SSSR count). The highest BCUT2D eigenvalue weighted by Gasteiger charge is 2.25. The molecule has 3 heterocycles. The van der Waals surface area contributed by atoms with Crippen LogP contribution in [0.5, 0.6) is 11.5 Å². The first-order chi connectivity index (χ1) is 11.6. The molecule has 2 aliphatic heterocycles. The fraction of sp³-hybridized carbons (Fsp3) is 0.438. The zero-order valence-electron chi connectivity index (χ0n) is 13.2. The predicted molar refractivity (Wildman–Crippen MR) is 86.8 cm³/mol. The minimum atomic E-state index is -0.173. The van der Waals surface area contributed by atoms with Gasteiger partial charge >= 0.3 is 0 Å². The maximum Gasteiger partial charge on any atom is 0.251 e. The fourth-order valence-electron chi connectivity index (χ4n) is 3.09. The van der Waals surface area contributed by atoms with Crippen LogP contribution in [0.1, 0.15) is 28.4 Å². The second-order valence-electron chi connectivity index (χ2n) is 5.97.